The highest BCUT2D eigenvalue weighted by Gasteiger charge is 2.22. The first-order chi connectivity index (χ1) is 7.13. The molecule has 0 bridgehead atoms. The van der Waals surface area contributed by atoms with Gasteiger partial charge >= 0.3 is 0 Å². The van der Waals surface area contributed by atoms with E-state index in [2.05, 4.69) is 23.7 Å². The average Bonchev–Trinajstić information content (AvgIpc) is 2.49. The van der Waals surface area contributed by atoms with Gasteiger partial charge in [0.2, 0.25) is 0 Å². The van der Waals surface area contributed by atoms with Crippen molar-refractivity contribution in [3.63, 3.8) is 0 Å². The van der Waals surface area contributed by atoms with Gasteiger partial charge in [-0.2, -0.15) is 0 Å². The molecule has 5 heteroatoms. The Kier molecular flexibility index (Phi) is 3.23. The molecular formula is C10H17N3OS. The first-order valence-electron chi connectivity index (χ1n) is 5.21. The maximum absolute atomic E-state index is 5.68. The summed E-state index contributed by atoms with van der Waals surface area (Å²) < 4.78 is 5.68. The van der Waals surface area contributed by atoms with Crippen molar-refractivity contribution in [1.29, 1.82) is 0 Å². The molecule has 0 aromatic carbocycles. The van der Waals surface area contributed by atoms with Gasteiger partial charge in [-0.3, -0.25) is 4.90 Å². The van der Waals surface area contributed by atoms with E-state index in [0.29, 0.717) is 17.3 Å². The van der Waals surface area contributed by atoms with Crippen LogP contribution in [-0.4, -0.2) is 35.2 Å². The van der Waals surface area contributed by atoms with Gasteiger partial charge in [-0.25, -0.2) is 4.98 Å². The van der Waals surface area contributed by atoms with Gasteiger partial charge in [0.05, 0.1) is 17.9 Å². The SMILES string of the molecule is C[C@H]1CN(Cc2csc(N)n2)C[C@H](C)O1. The van der Waals surface area contributed by atoms with E-state index in [0.717, 1.165) is 25.3 Å². The van der Waals surface area contributed by atoms with Crippen LogP contribution in [0.2, 0.25) is 0 Å². The molecule has 2 rings (SSSR count). The lowest BCUT2D eigenvalue weighted by Gasteiger charge is -2.34. The summed E-state index contributed by atoms with van der Waals surface area (Å²) >= 11 is 1.50. The number of nitrogens with two attached hydrogens (primary N) is 1. The van der Waals surface area contributed by atoms with E-state index >= 15 is 0 Å². The molecular weight excluding hydrogens is 210 g/mol. The lowest BCUT2D eigenvalue weighted by atomic mass is 10.2. The fraction of sp³-hybridized carbons (Fsp3) is 0.700. The predicted octanol–water partition coefficient (Wildman–Crippen LogP) is 1.33. The second kappa shape index (κ2) is 4.47. The van der Waals surface area contributed by atoms with Gasteiger partial charge in [0, 0.05) is 25.0 Å². The summed E-state index contributed by atoms with van der Waals surface area (Å²) in [5.74, 6) is 0. The lowest BCUT2D eigenvalue weighted by Crippen LogP contribution is -2.44. The van der Waals surface area contributed by atoms with Crippen molar-refractivity contribution in [2.45, 2.75) is 32.6 Å². The summed E-state index contributed by atoms with van der Waals surface area (Å²) in [6.07, 6.45) is 0.620. The van der Waals surface area contributed by atoms with Crippen molar-refractivity contribution in [2.75, 3.05) is 18.8 Å². The van der Waals surface area contributed by atoms with Crippen LogP contribution in [0.3, 0.4) is 0 Å². The standard InChI is InChI=1S/C10H17N3OS/c1-7-3-13(4-8(2)14-7)5-9-6-15-10(11)12-9/h6-8H,3-5H2,1-2H3,(H2,11,12)/t7-,8-/m0/s1. The van der Waals surface area contributed by atoms with E-state index in [-0.39, 0.29) is 0 Å². The third-order valence-electron chi connectivity index (χ3n) is 2.45. The number of anilines is 1. The monoisotopic (exact) mass is 227 g/mol. The smallest absolute Gasteiger partial charge is 0.180 e. The summed E-state index contributed by atoms with van der Waals surface area (Å²) in [6.45, 7) is 7.05. The fourth-order valence-electron chi connectivity index (χ4n) is 2.04. The first-order valence-corrected chi connectivity index (χ1v) is 6.09. The summed E-state index contributed by atoms with van der Waals surface area (Å²) in [5, 5.41) is 2.68. The molecule has 0 saturated carbocycles. The van der Waals surface area contributed by atoms with Gasteiger partial charge in [0.15, 0.2) is 5.13 Å². The number of hydrogen-bond donors (Lipinski definition) is 1. The van der Waals surface area contributed by atoms with Crippen molar-refractivity contribution >= 4 is 16.5 Å². The Morgan fingerprint density at radius 2 is 2.20 bits per heavy atom. The van der Waals surface area contributed by atoms with Crippen molar-refractivity contribution in [3.05, 3.63) is 11.1 Å². The zero-order chi connectivity index (χ0) is 10.8. The van der Waals surface area contributed by atoms with Gasteiger partial charge in [0.1, 0.15) is 0 Å². The van der Waals surface area contributed by atoms with Gasteiger partial charge in [-0.15, -0.1) is 11.3 Å². The van der Waals surface area contributed by atoms with Crippen molar-refractivity contribution < 1.29 is 4.74 Å². The van der Waals surface area contributed by atoms with Gasteiger partial charge in [-0.1, -0.05) is 0 Å². The molecule has 2 N–H and O–H groups in total. The normalized spacial score (nSPS) is 28.1. The summed E-state index contributed by atoms with van der Waals surface area (Å²) in [5.41, 5.74) is 6.67. The van der Waals surface area contributed by atoms with E-state index < -0.39 is 0 Å². The highest BCUT2D eigenvalue weighted by molar-refractivity contribution is 7.13. The predicted molar refractivity (Wildman–Crippen MR) is 61.8 cm³/mol. The number of ether oxygens (including phenoxy) is 1. The molecule has 2 heterocycles. The number of hydrogen-bond acceptors (Lipinski definition) is 5. The number of thiazole rings is 1. The summed E-state index contributed by atoms with van der Waals surface area (Å²) in [6, 6.07) is 0. The van der Waals surface area contributed by atoms with E-state index in [9.17, 15) is 0 Å². The molecule has 0 radical (unpaired) electrons. The highest BCUT2D eigenvalue weighted by atomic mass is 32.1. The minimum absolute atomic E-state index is 0.310. The molecule has 1 aliphatic rings. The van der Waals surface area contributed by atoms with Gasteiger partial charge in [-0.05, 0) is 13.8 Å². The Hall–Kier alpha value is -0.650. The van der Waals surface area contributed by atoms with Crippen LogP contribution in [0.4, 0.5) is 5.13 Å². The Bertz CT molecular complexity index is 318. The van der Waals surface area contributed by atoms with Crippen LogP contribution in [0.1, 0.15) is 19.5 Å². The molecule has 84 valence electrons. The highest BCUT2D eigenvalue weighted by Crippen LogP contribution is 2.16. The van der Waals surface area contributed by atoms with Crippen LogP contribution < -0.4 is 5.73 Å². The molecule has 1 aromatic rings. The zero-order valence-electron chi connectivity index (χ0n) is 9.14. The minimum atomic E-state index is 0.310. The van der Waals surface area contributed by atoms with Crippen molar-refractivity contribution in [3.8, 4) is 0 Å². The van der Waals surface area contributed by atoms with Gasteiger partial charge < -0.3 is 10.5 Å². The minimum Gasteiger partial charge on any atom is -0.375 e. The van der Waals surface area contributed by atoms with Crippen molar-refractivity contribution in [2.24, 2.45) is 0 Å². The molecule has 1 aliphatic heterocycles. The van der Waals surface area contributed by atoms with Crippen LogP contribution in [0, 0.1) is 0 Å². The van der Waals surface area contributed by atoms with Crippen molar-refractivity contribution in [1.82, 2.24) is 9.88 Å². The Balaban J connectivity index is 1.94. The number of nitrogen functional groups attached to an aromatic ring is 1. The average molecular weight is 227 g/mol. The largest absolute Gasteiger partial charge is 0.375 e. The molecule has 0 amide bonds. The Morgan fingerprint density at radius 1 is 1.53 bits per heavy atom. The van der Waals surface area contributed by atoms with Gasteiger partial charge in [0.25, 0.3) is 0 Å². The molecule has 1 aromatic heterocycles. The maximum atomic E-state index is 5.68. The molecule has 1 saturated heterocycles. The Labute approximate surface area is 94.1 Å². The first kappa shape index (κ1) is 10.9. The topological polar surface area (TPSA) is 51.4 Å². The molecule has 4 nitrogen and oxygen atoms in total. The second-order valence-electron chi connectivity index (χ2n) is 4.13. The molecule has 2 atom stereocenters. The van der Waals surface area contributed by atoms with Crippen LogP contribution in [0.5, 0.6) is 0 Å². The summed E-state index contributed by atoms with van der Waals surface area (Å²) in [4.78, 5) is 6.64. The zero-order valence-corrected chi connectivity index (χ0v) is 9.96. The maximum Gasteiger partial charge on any atom is 0.180 e. The van der Waals surface area contributed by atoms with Crippen LogP contribution in [0.25, 0.3) is 0 Å². The van der Waals surface area contributed by atoms with E-state index in [1.807, 2.05) is 5.38 Å². The number of nitrogens with zero attached hydrogens (tertiary/aromatic N) is 2. The Morgan fingerprint density at radius 3 is 2.73 bits per heavy atom. The third kappa shape index (κ3) is 2.90. The second-order valence-corrected chi connectivity index (χ2v) is 5.02. The summed E-state index contributed by atoms with van der Waals surface area (Å²) in [7, 11) is 0. The van der Waals surface area contributed by atoms with Crippen LogP contribution >= 0.6 is 11.3 Å². The molecule has 0 aliphatic carbocycles. The van der Waals surface area contributed by atoms with Crippen LogP contribution in [-0.2, 0) is 11.3 Å². The van der Waals surface area contributed by atoms with E-state index in [1.165, 1.54) is 11.3 Å². The van der Waals surface area contributed by atoms with E-state index in [4.69, 9.17) is 10.5 Å². The third-order valence-corrected chi connectivity index (χ3v) is 3.17. The van der Waals surface area contributed by atoms with E-state index in [1.54, 1.807) is 0 Å². The quantitative estimate of drug-likeness (QED) is 0.828. The lowest BCUT2D eigenvalue weighted by molar-refractivity contribution is -0.0707. The number of aromatic nitrogens is 1. The molecule has 0 unspecified atom stereocenters. The number of morpholine rings is 1. The molecule has 1 fully saturated rings. The molecule has 0 spiro atoms. The fourth-order valence-corrected chi connectivity index (χ4v) is 2.59. The van der Waals surface area contributed by atoms with Crippen LogP contribution in [0.15, 0.2) is 5.38 Å². The number of rotatable bonds is 2. The molecule has 15 heavy (non-hydrogen) atoms.